The first-order chi connectivity index (χ1) is 9.58. The van der Waals surface area contributed by atoms with E-state index in [4.69, 9.17) is 10.5 Å². The molecule has 6 nitrogen and oxygen atoms in total. The van der Waals surface area contributed by atoms with Crippen LogP contribution >= 0.6 is 0 Å². The SMILES string of the molecule is CCCc1nc(N)c(C)c(NCCCC(=O)OCC)n1. The molecule has 0 fully saturated rings. The largest absolute Gasteiger partial charge is 0.466 e. The summed E-state index contributed by atoms with van der Waals surface area (Å²) in [4.78, 5) is 19.9. The molecule has 0 aliphatic heterocycles. The van der Waals surface area contributed by atoms with Crippen LogP contribution in [0.1, 0.15) is 44.5 Å². The molecule has 3 N–H and O–H groups in total. The van der Waals surface area contributed by atoms with Crippen molar-refractivity contribution in [3.05, 3.63) is 11.4 Å². The predicted molar refractivity (Wildman–Crippen MR) is 79.5 cm³/mol. The highest BCUT2D eigenvalue weighted by atomic mass is 16.5. The van der Waals surface area contributed by atoms with Crippen LogP contribution < -0.4 is 11.1 Å². The van der Waals surface area contributed by atoms with Crippen molar-refractivity contribution in [2.75, 3.05) is 24.2 Å². The number of carbonyl (C=O) groups is 1. The van der Waals surface area contributed by atoms with Crippen LogP contribution in [0, 0.1) is 6.92 Å². The fraction of sp³-hybridized carbons (Fsp3) is 0.643. The van der Waals surface area contributed by atoms with Crippen LogP contribution in [0.5, 0.6) is 0 Å². The van der Waals surface area contributed by atoms with Crippen molar-refractivity contribution < 1.29 is 9.53 Å². The second-order valence-electron chi connectivity index (χ2n) is 4.58. The molecular weight excluding hydrogens is 256 g/mol. The Balaban J connectivity index is 2.52. The molecule has 20 heavy (non-hydrogen) atoms. The summed E-state index contributed by atoms with van der Waals surface area (Å²) in [6.07, 6.45) is 2.89. The van der Waals surface area contributed by atoms with E-state index in [2.05, 4.69) is 22.2 Å². The summed E-state index contributed by atoms with van der Waals surface area (Å²) in [6.45, 7) is 6.85. The van der Waals surface area contributed by atoms with E-state index in [0.29, 0.717) is 31.8 Å². The summed E-state index contributed by atoms with van der Waals surface area (Å²) in [5.74, 6) is 1.85. The Hall–Kier alpha value is -1.85. The van der Waals surface area contributed by atoms with Crippen molar-refractivity contribution in [3.8, 4) is 0 Å². The number of hydrogen-bond acceptors (Lipinski definition) is 6. The molecule has 0 aromatic carbocycles. The zero-order valence-electron chi connectivity index (χ0n) is 12.5. The summed E-state index contributed by atoms with van der Waals surface area (Å²) in [5.41, 5.74) is 6.73. The average molecular weight is 280 g/mol. The van der Waals surface area contributed by atoms with Gasteiger partial charge in [0.2, 0.25) is 0 Å². The number of rotatable bonds is 8. The van der Waals surface area contributed by atoms with Crippen LogP contribution in [-0.2, 0) is 16.0 Å². The van der Waals surface area contributed by atoms with Gasteiger partial charge in [-0.1, -0.05) is 6.92 Å². The fourth-order valence-electron chi connectivity index (χ4n) is 1.76. The molecule has 112 valence electrons. The van der Waals surface area contributed by atoms with E-state index in [0.717, 1.165) is 30.0 Å². The Labute approximate surface area is 120 Å². The minimum Gasteiger partial charge on any atom is -0.466 e. The molecule has 0 amide bonds. The smallest absolute Gasteiger partial charge is 0.305 e. The minimum absolute atomic E-state index is 0.167. The molecule has 0 atom stereocenters. The van der Waals surface area contributed by atoms with Gasteiger partial charge in [0.1, 0.15) is 17.5 Å². The van der Waals surface area contributed by atoms with Gasteiger partial charge in [-0.15, -0.1) is 0 Å². The fourth-order valence-corrected chi connectivity index (χ4v) is 1.76. The van der Waals surface area contributed by atoms with Crippen LogP contribution in [0.2, 0.25) is 0 Å². The number of aromatic nitrogens is 2. The van der Waals surface area contributed by atoms with Crippen molar-refractivity contribution in [1.29, 1.82) is 0 Å². The van der Waals surface area contributed by atoms with E-state index >= 15 is 0 Å². The van der Waals surface area contributed by atoms with E-state index in [9.17, 15) is 4.79 Å². The quantitative estimate of drug-likeness (QED) is 0.559. The van der Waals surface area contributed by atoms with Crippen molar-refractivity contribution >= 4 is 17.6 Å². The van der Waals surface area contributed by atoms with Gasteiger partial charge >= 0.3 is 5.97 Å². The van der Waals surface area contributed by atoms with E-state index in [1.807, 2.05) is 6.92 Å². The molecule has 0 spiro atoms. The Bertz CT molecular complexity index is 449. The van der Waals surface area contributed by atoms with Gasteiger partial charge in [0.15, 0.2) is 0 Å². The molecular formula is C14H24N4O2. The number of nitrogens with one attached hydrogen (secondary N) is 1. The Kier molecular flexibility index (Phi) is 6.76. The van der Waals surface area contributed by atoms with Crippen molar-refractivity contribution in [2.45, 2.75) is 46.5 Å². The first-order valence-electron chi connectivity index (χ1n) is 7.10. The highest BCUT2D eigenvalue weighted by Gasteiger charge is 2.08. The van der Waals surface area contributed by atoms with Gasteiger partial charge in [0.05, 0.1) is 6.61 Å². The van der Waals surface area contributed by atoms with E-state index in [1.165, 1.54) is 0 Å². The molecule has 1 aromatic heterocycles. The van der Waals surface area contributed by atoms with Crippen LogP contribution in [0.25, 0.3) is 0 Å². The van der Waals surface area contributed by atoms with Crippen LogP contribution in [0.15, 0.2) is 0 Å². The molecule has 1 aromatic rings. The highest BCUT2D eigenvalue weighted by molar-refractivity contribution is 5.69. The summed E-state index contributed by atoms with van der Waals surface area (Å²) in [7, 11) is 0. The highest BCUT2D eigenvalue weighted by Crippen LogP contribution is 2.17. The maximum atomic E-state index is 11.2. The Morgan fingerprint density at radius 3 is 2.75 bits per heavy atom. The lowest BCUT2D eigenvalue weighted by Gasteiger charge is -2.11. The molecule has 0 saturated carbocycles. The van der Waals surface area contributed by atoms with Gasteiger partial charge in [-0.05, 0) is 26.7 Å². The predicted octanol–water partition coefficient (Wildman–Crippen LogP) is 2.07. The van der Waals surface area contributed by atoms with Crippen LogP contribution in [0.4, 0.5) is 11.6 Å². The van der Waals surface area contributed by atoms with Gasteiger partial charge in [-0.3, -0.25) is 4.79 Å². The standard InChI is InChI=1S/C14H24N4O2/c1-4-7-11-17-13(15)10(3)14(18-11)16-9-6-8-12(19)20-5-2/h4-9H2,1-3H3,(H3,15,16,17,18). The van der Waals surface area contributed by atoms with Crippen molar-refractivity contribution in [2.24, 2.45) is 0 Å². The maximum absolute atomic E-state index is 11.2. The number of nitrogen functional groups attached to an aromatic ring is 1. The van der Waals surface area contributed by atoms with Crippen LogP contribution in [0.3, 0.4) is 0 Å². The van der Waals surface area contributed by atoms with Gasteiger partial charge in [-0.2, -0.15) is 0 Å². The number of anilines is 2. The number of nitrogens with two attached hydrogens (primary N) is 1. The average Bonchev–Trinajstić information content (AvgIpc) is 2.40. The molecule has 1 heterocycles. The van der Waals surface area contributed by atoms with Crippen molar-refractivity contribution in [3.63, 3.8) is 0 Å². The summed E-state index contributed by atoms with van der Waals surface area (Å²) >= 11 is 0. The molecule has 1 rings (SSSR count). The number of nitrogens with zero attached hydrogens (tertiary/aromatic N) is 2. The first kappa shape index (κ1) is 16.2. The number of hydrogen-bond donors (Lipinski definition) is 2. The zero-order valence-corrected chi connectivity index (χ0v) is 12.5. The molecule has 0 aliphatic carbocycles. The lowest BCUT2D eigenvalue weighted by atomic mass is 10.2. The lowest BCUT2D eigenvalue weighted by Crippen LogP contribution is -2.12. The second kappa shape index (κ2) is 8.35. The third-order valence-corrected chi connectivity index (χ3v) is 2.86. The third-order valence-electron chi connectivity index (χ3n) is 2.86. The Morgan fingerprint density at radius 2 is 2.10 bits per heavy atom. The third kappa shape index (κ3) is 5.03. The maximum Gasteiger partial charge on any atom is 0.305 e. The van der Waals surface area contributed by atoms with Gasteiger partial charge < -0.3 is 15.8 Å². The Morgan fingerprint density at radius 1 is 1.35 bits per heavy atom. The number of carbonyl (C=O) groups excluding carboxylic acids is 1. The van der Waals surface area contributed by atoms with Gasteiger partial charge in [0.25, 0.3) is 0 Å². The van der Waals surface area contributed by atoms with Crippen molar-refractivity contribution in [1.82, 2.24) is 9.97 Å². The number of ether oxygens (including phenoxy) is 1. The summed E-state index contributed by atoms with van der Waals surface area (Å²) < 4.78 is 4.88. The minimum atomic E-state index is -0.167. The molecule has 0 saturated heterocycles. The van der Waals surface area contributed by atoms with Gasteiger partial charge in [-0.25, -0.2) is 9.97 Å². The summed E-state index contributed by atoms with van der Waals surface area (Å²) in [5, 5.41) is 3.21. The molecule has 0 unspecified atom stereocenters. The topological polar surface area (TPSA) is 90.1 Å². The van der Waals surface area contributed by atoms with E-state index in [-0.39, 0.29) is 5.97 Å². The lowest BCUT2D eigenvalue weighted by molar-refractivity contribution is -0.143. The van der Waals surface area contributed by atoms with Gasteiger partial charge in [0, 0.05) is 24.9 Å². The first-order valence-corrected chi connectivity index (χ1v) is 7.10. The zero-order chi connectivity index (χ0) is 15.0. The molecule has 0 aliphatic rings. The normalized spacial score (nSPS) is 10.3. The summed E-state index contributed by atoms with van der Waals surface area (Å²) in [6, 6.07) is 0. The monoisotopic (exact) mass is 280 g/mol. The molecule has 6 heteroatoms. The van der Waals surface area contributed by atoms with Crippen LogP contribution in [-0.4, -0.2) is 29.1 Å². The molecule has 0 bridgehead atoms. The number of aryl methyl sites for hydroxylation is 1. The number of esters is 1. The van der Waals surface area contributed by atoms with E-state index in [1.54, 1.807) is 6.92 Å². The second-order valence-corrected chi connectivity index (χ2v) is 4.58. The van der Waals surface area contributed by atoms with E-state index < -0.39 is 0 Å². The molecule has 0 radical (unpaired) electrons.